The van der Waals surface area contributed by atoms with Crippen LogP contribution >= 0.6 is 11.8 Å². The Morgan fingerprint density at radius 1 is 1.24 bits per heavy atom. The minimum Gasteiger partial charge on any atom is -0.493 e. The second-order valence-corrected chi connectivity index (χ2v) is 7.70. The summed E-state index contributed by atoms with van der Waals surface area (Å²) in [5, 5.41) is 9.80. The van der Waals surface area contributed by atoms with E-state index in [9.17, 15) is 9.18 Å². The fourth-order valence-electron chi connectivity index (χ4n) is 3.33. The smallest absolute Gasteiger partial charge is 0.235 e. The van der Waals surface area contributed by atoms with E-state index < -0.39 is 0 Å². The predicted molar refractivity (Wildman–Crippen MR) is 110 cm³/mol. The number of para-hydroxylation sites is 1. The van der Waals surface area contributed by atoms with Gasteiger partial charge in [-0.1, -0.05) is 30.3 Å². The summed E-state index contributed by atoms with van der Waals surface area (Å²) in [6.07, 6.45) is 0. The lowest BCUT2D eigenvalue weighted by atomic mass is 10.0. The lowest BCUT2D eigenvalue weighted by Gasteiger charge is -2.21. The normalized spacial score (nSPS) is 16.0. The van der Waals surface area contributed by atoms with Crippen molar-refractivity contribution >= 4 is 23.5 Å². The average molecular weight is 413 g/mol. The van der Waals surface area contributed by atoms with Gasteiger partial charge in [-0.3, -0.25) is 9.89 Å². The Kier molecular flexibility index (Phi) is 5.44. The van der Waals surface area contributed by atoms with E-state index in [1.165, 1.54) is 17.8 Å². The predicted octanol–water partition coefficient (Wildman–Crippen LogP) is 4.22. The van der Waals surface area contributed by atoms with Gasteiger partial charge < -0.3 is 14.8 Å². The fourth-order valence-corrected chi connectivity index (χ4v) is 4.54. The SMILES string of the molecule is COc1cccc([C@@H]2SCC(=O)Nc3n[nH]c(C)c32)c1OCc1ccccc1F. The Morgan fingerprint density at radius 3 is 2.86 bits per heavy atom. The Morgan fingerprint density at radius 2 is 2.07 bits per heavy atom. The molecule has 0 bridgehead atoms. The van der Waals surface area contributed by atoms with E-state index in [4.69, 9.17) is 9.47 Å². The summed E-state index contributed by atoms with van der Waals surface area (Å²) in [5.74, 6) is 1.44. The molecule has 0 saturated carbocycles. The summed E-state index contributed by atoms with van der Waals surface area (Å²) in [6.45, 7) is 1.97. The molecule has 150 valence electrons. The number of anilines is 1. The number of hydrogen-bond donors (Lipinski definition) is 2. The molecule has 0 fully saturated rings. The maximum absolute atomic E-state index is 14.1. The monoisotopic (exact) mass is 413 g/mol. The van der Waals surface area contributed by atoms with E-state index in [-0.39, 0.29) is 29.3 Å². The molecule has 0 aliphatic carbocycles. The molecule has 1 aliphatic heterocycles. The van der Waals surface area contributed by atoms with E-state index >= 15 is 0 Å². The van der Waals surface area contributed by atoms with Gasteiger partial charge >= 0.3 is 0 Å². The fraction of sp³-hybridized carbons (Fsp3) is 0.238. The number of benzene rings is 2. The first-order valence-electron chi connectivity index (χ1n) is 9.08. The van der Waals surface area contributed by atoms with Crippen molar-refractivity contribution in [3.63, 3.8) is 0 Å². The largest absolute Gasteiger partial charge is 0.493 e. The molecule has 1 amide bonds. The van der Waals surface area contributed by atoms with Gasteiger partial charge in [0.1, 0.15) is 12.4 Å². The van der Waals surface area contributed by atoms with Crippen LogP contribution in [0.2, 0.25) is 0 Å². The Balaban J connectivity index is 1.75. The molecule has 2 heterocycles. The first-order chi connectivity index (χ1) is 14.1. The van der Waals surface area contributed by atoms with Crippen LogP contribution in [0.1, 0.15) is 27.6 Å². The number of hydrogen-bond acceptors (Lipinski definition) is 5. The number of methoxy groups -OCH3 is 1. The molecule has 1 atom stereocenters. The third kappa shape index (κ3) is 3.80. The van der Waals surface area contributed by atoms with Crippen molar-refractivity contribution in [2.75, 3.05) is 18.2 Å². The molecule has 0 saturated heterocycles. The highest BCUT2D eigenvalue weighted by molar-refractivity contribution is 8.00. The molecule has 2 N–H and O–H groups in total. The minimum atomic E-state index is -0.324. The maximum atomic E-state index is 14.1. The summed E-state index contributed by atoms with van der Waals surface area (Å²) in [4.78, 5) is 12.1. The third-order valence-corrected chi connectivity index (χ3v) is 5.99. The number of rotatable bonds is 5. The molecule has 6 nitrogen and oxygen atoms in total. The van der Waals surface area contributed by atoms with Crippen molar-refractivity contribution in [2.45, 2.75) is 18.8 Å². The number of thioether (sulfide) groups is 1. The topological polar surface area (TPSA) is 76.2 Å². The zero-order valence-corrected chi connectivity index (χ0v) is 16.8. The molecule has 0 spiro atoms. The molecule has 2 aromatic carbocycles. The Hall–Kier alpha value is -3.00. The number of aromatic amines is 1. The standard InChI is InChI=1S/C21H20FN3O3S/c1-12-18-20(29-11-17(26)23-21(18)25-24-12)14-7-5-9-16(27-2)19(14)28-10-13-6-3-4-8-15(13)22/h3-9,20H,10-11H2,1-2H3,(H2,23,24,25,26)/t20-/m0/s1. The quantitative estimate of drug-likeness (QED) is 0.655. The van der Waals surface area contributed by atoms with Gasteiger partial charge in [0, 0.05) is 22.4 Å². The minimum absolute atomic E-state index is 0.0613. The van der Waals surface area contributed by atoms with E-state index in [1.54, 1.807) is 31.4 Å². The summed E-state index contributed by atoms with van der Waals surface area (Å²) in [5.41, 5.74) is 3.05. The number of carbonyl (C=O) groups excluding carboxylic acids is 1. The molecule has 0 unspecified atom stereocenters. The van der Waals surface area contributed by atoms with E-state index in [0.717, 1.165) is 16.8 Å². The van der Waals surface area contributed by atoms with Crippen LogP contribution < -0.4 is 14.8 Å². The molecular formula is C21H20FN3O3S. The molecular weight excluding hydrogens is 393 g/mol. The van der Waals surface area contributed by atoms with E-state index in [1.807, 2.05) is 19.1 Å². The highest BCUT2D eigenvalue weighted by Crippen LogP contribution is 2.47. The molecule has 8 heteroatoms. The van der Waals surface area contributed by atoms with Crippen LogP contribution in [0, 0.1) is 12.7 Å². The average Bonchev–Trinajstić information content (AvgIpc) is 2.98. The lowest BCUT2D eigenvalue weighted by molar-refractivity contribution is -0.113. The van der Waals surface area contributed by atoms with Crippen LogP contribution in [0.25, 0.3) is 0 Å². The van der Waals surface area contributed by atoms with Gasteiger partial charge in [0.05, 0.1) is 18.1 Å². The zero-order valence-electron chi connectivity index (χ0n) is 16.0. The van der Waals surface area contributed by atoms with Crippen LogP contribution in [-0.2, 0) is 11.4 Å². The van der Waals surface area contributed by atoms with E-state index in [0.29, 0.717) is 22.9 Å². The number of amides is 1. The van der Waals surface area contributed by atoms with Crippen molar-refractivity contribution < 1.29 is 18.7 Å². The van der Waals surface area contributed by atoms with Crippen LogP contribution in [0.4, 0.5) is 10.2 Å². The number of halogens is 1. The van der Waals surface area contributed by atoms with Crippen molar-refractivity contribution in [1.82, 2.24) is 10.2 Å². The summed E-state index contributed by atoms with van der Waals surface area (Å²) in [7, 11) is 1.56. The van der Waals surface area contributed by atoms with Crippen molar-refractivity contribution in [3.8, 4) is 11.5 Å². The number of aromatic nitrogens is 2. The van der Waals surface area contributed by atoms with Crippen LogP contribution in [0.15, 0.2) is 42.5 Å². The van der Waals surface area contributed by atoms with Gasteiger partial charge in [0.15, 0.2) is 17.3 Å². The number of fused-ring (bicyclic) bond motifs is 1. The molecule has 1 aromatic heterocycles. The Labute approximate surface area is 171 Å². The lowest BCUT2D eigenvalue weighted by Crippen LogP contribution is -2.12. The zero-order chi connectivity index (χ0) is 20.4. The maximum Gasteiger partial charge on any atom is 0.235 e. The van der Waals surface area contributed by atoms with Crippen molar-refractivity contribution in [1.29, 1.82) is 0 Å². The number of nitrogens with one attached hydrogen (secondary N) is 2. The molecule has 4 rings (SSSR count). The summed E-state index contributed by atoms with van der Waals surface area (Å²) >= 11 is 1.48. The molecule has 3 aromatic rings. The second-order valence-electron chi connectivity index (χ2n) is 6.61. The van der Waals surface area contributed by atoms with Crippen molar-refractivity contribution in [3.05, 3.63) is 70.7 Å². The third-order valence-electron chi connectivity index (χ3n) is 4.74. The summed E-state index contributed by atoms with van der Waals surface area (Å²) in [6, 6.07) is 12.1. The molecule has 29 heavy (non-hydrogen) atoms. The molecule has 1 aliphatic rings. The second kappa shape index (κ2) is 8.16. The highest BCUT2D eigenvalue weighted by Gasteiger charge is 2.31. The van der Waals surface area contributed by atoms with Crippen LogP contribution in [0.5, 0.6) is 11.5 Å². The number of nitrogens with zero attached hydrogens (tertiary/aromatic N) is 1. The van der Waals surface area contributed by atoms with Gasteiger partial charge in [0.2, 0.25) is 5.91 Å². The number of ether oxygens (including phenoxy) is 2. The number of aryl methyl sites for hydroxylation is 1. The Bertz CT molecular complexity index is 1050. The number of carbonyl (C=O) groups is 1. The first-order valence-corrected chi connectivity index (χ1v) is 10.1. The van der Waals surface area contributed by atoms with Crippen molar-refractivity contribution in [2.24, 2.45) is 0 Å². The van der Waals surface area contributed by atoms with Gasteiger partial charge in [0.25, 0.3) is 0 Å². The first kappa shape index (κ1) is 19.3. The van der Waals surface area contributed by atoms with Gasteiger partial charge in [-0.2, -0.15) is 5.10 Å². The summed E-state index contributed by atoms with van der Waals surface area (Å²) < 4.78 is 25.6. The number of H-pyrrole nitrogens is 1. The highest BCUT2D eigenvalue weighted by atomic mass is 32.2. The van der Waals surface area contributed by atoms with Gasteiger partial charge in [-0.05, 0) is 19.1 Å². The van der Waals surface area contributed by atoms with E-state index in [2.05, 4.69) is 15.5 Å². The van der Waals surface area contributed by atoms with Gasteiger partial charge in [-0.15, -0.1) is 11.8 Å². The van der Waals surface area contributed by atoms with Crippen LogP contribution in [0.3, 0.4) is 0 Å². The van der Waals surface area contributed by atoms with Gasteiger partial charge in [-0.25, -0.2) is 4.39 Å². The van der Waals surface area contributed by atoms with Crippen LogP contribution in [-0.4, -0.2) is 29.0 Å². The molecule has 0 radical (unpaired) electrons.